The molecule has 9 heteroatoms. The lowest BCUT2D eigenvalue weighted by atomic mass is 9.81. The van der Waals surface area contributed by atoms with Crippen molar-refractivity contribution >= 4 is 5.97 Å². The topological polar surface area (TPSA) is 79.5 Å². The van der Waals surface area contributed by atoms with Crippen LogP contribution < -0.4 is 0 Å². The van der Waals surface area contributed by atoms with Crippen LogP contribution in [0.5, 0.6) is 0 Å². The summed E-state index contributed by atoms with van der Waals surface area (Å²) >= 11 is 0. The Balaban J connectivity index is 1.55. The SMILES string of the molecule is CC(c1nc(-c2cccc(C(F)(F)F)c2)no1)N1C[C@@H]2CCC[C@@]2(C(=O)O)C1. The second-order valence-corrected chi connectivity index (χ2v) is 7.69. The van der Waals surface area contributed by atoms with Gasteiger partial charge in [0.1, 0.15) is 0 Å². The Morgan fingerprint density at radius 1 is 1.43 bits per heavy atom. The molecular formula is C19H20F3N3O3. The predicted octanol–water partition coefficient (Wildman–Crippen LogP) is 4.00. The van der Waals surface area contributed by atoms with Crippen LogP contribution in [0.2, 0.25) is 0 Å². The van der Waals surface area contributed by atoms with Gasteiger partial charge in [-0.15, -0.1) is 0 Å². The number of carboxylic acids is 1. The number of fused-ring (bicyclic) bond motifs is 1. The van der Waals surface area contributed by atoms with E-state index in [2.05, 4.69) is 10.1 Å². The standard InChI is InChI=1S/C19H20F3N3O3/c1-11(25-9-14-6-3-7-18(14,10-25)17(26)27)16-23-15(24-28-16)12-4-2-5-13(8-12)19(20,21)22/h2,4-5,8,11,14H,3,6-7,9-10H2,1H3,(H,26,27)/t11?,14-,18+/m0/s1. The third-order valence-electron chi connectivity index (χ3n) is 6.12. The number of aromatic nitrogens is 2. The number of hydrogen-bond acceptors (Lipinski definition) is 5. The van der Waals surface area contributed by atoms with Gasteiger partial charge in [-0.3, -0.25) is 9.69 Å². The average Bonchev–Trinajstić information content (AvgIpc) is 3.34. The Morgan fingerprint density at radius 2 is 2.21 bits per heavy atom. The molecule has 0 amide bonds. The number of carboxylic acid groups (broad SMARTS) is 1. The van der Waals surface area contributed by atoms with E-state index in [0.29, 0.717) is 19.5 Å². The monoisotopic (exact) mass is 395 g/mol. The smallest absolute Gasteiger partial charge is 0.416 e. The highest BCUT2D eigenvalue weighted by atomic mass is 19.4. The second-order valence-electron chi connectivity index (χ2n) is 7.69. The Morgan fingerprint density at radius 3 is 2.89 bits per heavy atom. The lowest BCUT2D eigenvalue weighted by Gasteiger charge is -2.25. The first-order chi connectivity index (χ1) is 13.2. The first-order valence-corrected chi connectivity index (χ1v) is 9.19. The van der Waals surface area contributed by atoms with Crippen molar-refractivity contribution in [3.8, 4) is 11.4 Å². The maximum absolute atomic E-state index is 12.9. The molecule has 1 saturated heterocycles. The molecule has 2 fully saturated rings. The minimum Gasteiger partial charge on any atom is -0.481 e. The number of likely N-dealkylation sites (tertiary alicyclic amines) is 1. The summed E-state index contributed by atoms with van der Waals surface area (Å²) in [4.78, 5) is 18.1. The Hall–Kier alpha value is -2.42. The lowest BCUT2D eigenvalue weighted by Crippen LogP contribution is -2.36. The highest BCUT2D eigenvalue weighted by Gasteiger charge is 2.55. The van der Waals surface area contributed by atoms with Crippen molar-refractivity contribution in [1.82, 2.24) is 15.0 Å². The van der Waals surface area contributed by atoms with E-state index in [-0.39, 0.29) is 29.2 Å². The van der Waals surface area contributed by atoms with Gasteiger partial charge < -0.3 is 9.63 Å². The van der Waals surface area contributed by atoms with Crippen molar-refractivity contribution < 1.29 is 27.6 Å². The summed E-state index contributed by atoms with van der Waals surface area (Å²) in [6.45, 7) is 2.89. The first kappa shape index (κ1) is 18.9. The number of benzene rings is 1. The highest BCUT2D eigenvalue weighted by Crippen LogP contribution is 2.50. The van der Waals surface area contributed by atoms with Crippen LogP contribution in [0.25, 0.3) is 11.4 Å². The van der Waals surface area contributed by atoms with Gasteiger partial charge in [0.25, 0.3) is 0 Å². The quantitative estimate of drug-likeness (QED) is 0.843. The van der Waals surface area contributed by atoms with Gasteiger partial charge >= 0.3 is 12.1 Å². The fourth-order valence-corrected chi connectivity index (χ4v) is 4.49. The molecule has 2 aliphatic rings. The van der Waals surface area contributed by atoms with Crippen molar-refractivity contribution in [3.63, 3.8) is 0 Å². The first-order valence-electron chi connectivity index (χ1n) is 9.19. The molecule has 1 saturated carbocycles. The van der Waals surface area contributed by atoms with E-state index in [1.807, 2.05) is 11.8 Å². The summed E-state index contributed by atoms with van der Waals surface area (Å²) < 4.78 is 44.1. The van der Waals surface area contributed by atoms with Crippen LogP contribution in [-0.4, -0.2) is 39.2 Å². The van der Waals surface area contributed by atoms with E-state index < -0.39 is 23.1 Å². The number of nitrogens with zero attached hydrogens (tertiary/aromatic N) is 3. The molecular weight excluding hydrogens is 375 g/mol. The Kier molecular flexibility index (Phi) is 4.45. The minimum absolute atomic E-state index is 0.0836. The molecule has 6 nitrogen and oxygen atoms in total. The fourth-order valence-electron chi connectivity index (χ4n) is 4.49. The molecule has 2 aromatic rings. The van der Waals surface area contributed by atoms with Crippen LogP contribution >= 0.6 is 0 Å². The molecule has 1 aliphatic heterocycles. The van der Waals surface area contributed by atoms with Crippen molar-refractivity contribution in [2.24, 2.45) is 11.3 Å². The van der Waals surface area contributed by atoms with Gasteiger partial charge in [-0.2, -0.15) is 18.2 Å². The van der Waals surface area contributed by atoms with E-state index in [1.165, 1.54) is 12.1 Å². The summed E-state index contributed by atoms with van der Waals surface area (Å²) in [5.41, 5.74) is -1.28. The average molecular weight is 395 g/mol. The molecule has 1 aromatic carbocycles. The van der Waals surface area contributed by atoms with Gasteiger partial charge in [0.05, 0.1) is 17.0 Å². The lowest BCUT2D eigenvalue weighted by molar-refractivity contribution is -0.149. The predicted molar refractivity (Wildman–Crippen MR) is 92.1 cm³/mol. The molecule has 1 N–H and O–H groups in total. The van der Waals surface area contributed by atoms with Gasteiger partial charge in [0, 0.05) is 18.7 Å². The van der Waals surface area contributed by atoms with Gasteiger partial charge in [-0.1, -0.05) is 23.7 Å². The van der Waals surface area contributed by atoms with Crippen molar-refractivity contribution in [2.45, 2.75) is 38.4 Å². The fraction of sp³-hybridized carbons (Fsp3) is 0.526. The van der Waals surface area contributed by atoms with Crippen molar-refractivity contribution in [3.05, 3.63) is 35.7 Å². The number of halogens is 3. The summed E-state index contributed by atoms with van der Waals surface area (Å²) in [7, 11) is 0. The van der Waals surface area contributed by atoms with Crippen LogP contribution in [0.15, 0.2) is 28.8 Å². The summed E-state index contributed by atoms with van der Waals surface area (Å²) in [5.74, 6) is -0.314. The van der Waals surface area contributed by atoms with E-state index in [0.717, 1.165) is 25.0 Å². The molecule has 2 heterocycles. The summed E-state index contributed by atoms with van der Waals surface area (Å²) in [6, 6.07) is 4.46. The van der Waals surface area contributed by atoms with Crippen LogP contribution in [0.4, 0.5) is 13.2 Å². The van der Waals surface area contributed by atoms with Gasteiger partial charge in [-0.25, -0.2) is 0 Å². The molecule has 1 aliphatic carbocycles. The Bertz CT molecular complexity index is 898. The molecule has 3 atom stereocenters. The van der Waals surface area contributed by atoms with Gasteiger partial charge in [0.15, 0.2) is 0 Å². The van der Waals surface area contributed by atoms with E-state index >= 15 is 0 Å². The van der Waals surface area contributed by atoms with Crippen molar-refractivity contribution in [2.75, 3.05) is 13.1 Å². The van der Waals surface area contributed by atoms with Crippen LogP contribution in [-0.2, 0) is 11.0 Å². The molecule has 0 spiro atoms. The number of hydrogen-bond donors (Lipinski definition) is 1. The van der Waals surface area contributed by atoms with Crippen LogP contribution in [0.3, 0.4) is 0 Å². The minimum atomic E-state index is -4.45. The molecule has 1 unspecified atom stereocenters. The zero-order valence-corrected chi connectivity index (χ0v) is 15.2. The third-order valence-corrected chi connectivity index (χ3v) is 6.12. The number of aliphatic carboxylic acids is 1. The van der Waals surface area contributed by atoms with E-state index in [1.54, 1.807) is 0 Å². The number of rotatable bonds is 4. The molecule has 4 rings (SSSR count). The van der Waals surface area contributed by atoms with Gasteiger partial charge in [0.2, 0.25) is 11.7 Å². The normalized spacial score (nSPS) is 26.4. The molecule has 1 aromatic heterocycles. The maximum atomic E-state index is 12.9. The third kappa shape index (κ3) is 3.07. The van der Waals surface area contributed by atoms with Gasteiger partial charge in [-0.05, 0) is 37.8 Å². The molecule has 150 valence electrons. The van der Waals surface area contributed by atoms with Crippen LogP contribution in [0.1, 0.15) is 43.7 Å². The number of carbonyl (C=O) groups is 1. The summed E-state index contributed by atoms with van der Waals surface area (Å²) in [6.07, 6.45) is -1.99. The zero-order chi connectivity index (χ0) is 20.1. The Labute approximate surface area is 159 Å². The van der Waals surface area contributed by atoms with E-state index in [4.69, 9.17) is 4.52 Å². The molecule has 0 radical (unpaired) electrons. The molecule has 28 heavy (non-hydrogen) atoms. The van der Waals surface area contributed by atoms with E-state index in [9.17, 15) is 23.1 Å². The zero-order valence-electron chi connectivity index (χ0n) is 15.2. The highest BCUT2D eigenvalue weighted by molar-refractivity contribution is 5.76. The summed E-state index contributed by atoms with van der Waals surface area (Å²) in [5, 5.41) is 13.5. The maximum Gasteiger partial charge on any atom is 0.416 e. The molecule has 0 bridgehead atoms. The van der Waals surface area contributed by atoms with Crippen molar-refractivity contribution in [1.29, 1.82) is 0 Å². The largest absolute Gasteiger partial charge is 0.481 e. The van der Waals surface area contributed by atoms with Crippen LogP contribution in [0, 0.1) is 11.3 Å². The number of alkyl halides is 3. The second kappa shape index (κ2) is 6.58.